The van der Waals surface area contributed by atoms with Gasteiger partial charge in [-0.05, 0) is 11.6 Å². The fraction of sp³-hybridized carbons (Fsp3) is 0.111. The number of hydrogen-bond acceptors (Lipinski definition) is 2. The van der Waals surface area contributed by atoms with E-state index in [1.54, 1.807) is 6.21 Å². The van der Waals surface area contributed by atoms with Crippen LogP contribution in [-0.4, -0.2) is 6.21 Å². The number of fused-ring (bicyclic) bond motifs is 1. The molecule has 0 atom stereocenters. The van der Waals surface area contributed by atoms with E-state index >= 15 is 0 Å². The minimum Gasteiger partial charge on any atom is -0.288 e. The van der Waals surface area contributed by atoms with Crippen molar-refractivity contribution in [1.29, 1.82) is 5.26 Å². The number of aliphatic imine (C=N–C) groups is 1. The van der Waals surface area contributed by atoms with Crippen molar-refractivity contribution in [3.05, 3.63) is 34.9 Å². The molecule has 0 spiro atoms. The van der Waals surface area contributed by atoms with Crippen molar-refractivity contribution in [3.63, 3.8) is 0 Å². The van der Waals surface area contributed by atoms with Gasteiger partial charge in [-0.3, -0.25) is 4.99 Å². The second-order valence-corrected chi connectivity index (χ2v) is 2.46. The molecule has 2 heteroatoms. The van der Waals surface area contributed by atoms with Crippen LogP contribution in [-0.2, 0) is 6.54 Å². The zero-order valence-corrected chi connectivity index (χ0v) is 5.91. The smallest absolute Gasteiger partial charge is 0.0998 e. The molecule has 1 aromatic carbocycles. The number of nitriles is 1. The Labute approximate surface area is 64.8 Å². The predicted octanol–water partition coefficient (Wildman–Crippen LogP) is 1.49. The summed E-state index contributed by atoms with van der Waals surface area (Å²) in [6, 6.07) is 7.85. The van der Waals surface area contributed by atoms with Gasteiger partial charge < -0.3 is 0 Å². The summed E-state index contributed by atoms with van der Waals surface area (Å²) < 4.78 is 0. The maximum Gasteiger partial charge on any atom is 0.0998 e. The number of hydrogen-bond donors (Lipinski definition) is 0. The summed E-state index contributed by atoms with van der Waals surface area (Å²) in [5.74, 6) is 0. The van der Waals surface area contributed by atoms with E-state index in [9.17, 15) is 0 Å². The van der Waals surface area contributed by atoms with Crippen molar-refractivity contribution in [2.45, 2.75) is 6.54 Å². The Kier molecular flexibility index (Phi) is 1.23. The van der Waals surface area contributed by atoms with E-state index in [0.29, 0.717) is 0 Å². The van der Waals surface area contributed by atoms with Gasteiger partial charge in [0.25, 0.3) is 0 Å². The third kappa shape index (κ3) is 0.821. The van der Waals surface area contributed by atoms with Crippen LogP contribution in [0.2, 0.25) is 0 Å². The van der Waals surface area contributed by atoms with Crippen LogP contribution in [0.15, 0.2) is 23.2 Å². The van der Waals surface area contributed by atoms with Crippen LogP contribution < -0.4 is 0 Å². The normalized spacial score (nSPS) is 12.6. The second kappa shape index (κ2) is 2.21. The van der Waals surface area contributed by atoms with Gasteiger partial charge in [-0.1, -0.05) is 12.1 Å². The summed E-state index contributed by atoms with van der Waals surface area (Å²) in [7, 11) is 0. The molecule has 0 saturated carbocycles. The Morgan fingerprint density at radius 2 is 2.36 bits per heavy atom. The molecule has 1 aliphatic heterocycles. The molecule has 0 amide bonds. The largest absolute Gasteiger partial charge is 0.288 e. The molecular weight excluding hydrogens is 136 g/mol. The molecule has 0 N–H and O–H groups in total. The minimum absolute atomic E-state index is 0.726. The molecule has 1 aromatic rings. The van der Waals surface area contributed by atoms with Crippen LogP contribution in [0.4, 0.5) is 0 Å². The maximum absolute atomic E-state index is 8.69. The van der Waals surface area contributed by atoms with Gasteiger partial charge in [-0.25, -0.2) is 0 Å². The van der Waals surface area contributed by atoms with E-state index in [4.69, 9.17) is 5.26 Å². The zero-order chi connectivity index (χ0) is 7.68. The van der Waals surface area contributed by atoms with E-state index in [1.807, 2.05) is 18.2 Å². The Morgan fingerprint density at radius 1 is 1.45 bits per heavy atom. The highest BCUT2D eigenvalue weighted by Crippen LogP contribution is 2.17. The molecule has 1 heterocycles. The SMILES string of the molecule is N#Cc1cccc2c1C=NC2. The van der Waals surface area contributed by atoms with E-state index in [0.717, 1.165) is 23.2 Å². The van der Waals surface area contributed by atoms with Crippen molar-refractivity contribution in [3.8, 4) is 6.07 Å². The Morgan fingerprint density at radius 3 is 3.18 bits per heavy atom. The van der Waals surface area contributed by atoms with Gasteiger partial charge in [0.1, 0.15) is 0 Å². The molecule has 11 heavy (non-hydrogen) atoms. The Bertz CT molecular complexity index is 358. The monoisotopic (exact) mass is 142 g/mol. The number of nitrogens with zero attached hydrogens (tertiary/aromatic N) is 2. The summed E-state index contributed by atoms with van der Waals surface area (Å²) in [5, 5.41) is 8.69. The van der Waals surface area contributed by atoms with E-state index in [1.165, 1.54) is 0 Å². The summed E-state index contributed by atoms with van der Waals surface area (Å²) in [6.45, 7) is 0.727. The number of benzene rings is 1. The van der Waals surface area contributed by atoms with Gasteiger partial charge in [-0.15, -0.1) is 0 Å². The lowest BCUT2D eigenvalue weighted by atomic mass is 10.1. The minimum atomic E-state index is 0.726. The molecular formula is C9H6N2. The fourth-order valence-electron chi connectivity index (χ4n) is 1.24. The first-order valence-electron chi connectivity index (χ1n) is 3.43. The van der Waals surface area contributed by atoms with Gasteiger partial charge in [-0.2, -0.15) is 5.26 Å². The quantitative estimate of drug-likeness (QED) is 0.540. The van der Waals surface area contributed by atoms with Crippen LogP contribution in [0, 0.1) is 11.3 Å². The first-order chi connectivity index (χ1) is 5.42. The number of rotatable bonds is 0. The van der Waals surface area contributed by atoms with Gasteiger partial charge in [0, 0.05) is 11.8 Å². The molecule has 0 saturated heterocycles. The Hall–Kier alpha value is -1.62. The average molecular weight is 142 g/mol. The lowest BCUT2D eigenvalue weighted by molar-refractivity contribution is 1.11. The molecule has 52 valence electrons. The lowest BCUT2D eigenvalue weighted by Crippen LogP contribution is -1.88. The summed E-state index contributed by atoms with van der Waals surface area (Å²) in [6.07, 6.45) is 1.77. The fourth-order valence-corrected chi connectivity index (χ4v) is 1.24. The summed E-state index contributed by atoms with van der Waals surface area (Å²) in [5.41, 5.74) is 2.88. The van der Waals surface area contributed by atoms with E-state index in [-0.39, 0.29) is 0 Å². The third-order valence-electron chi connectivity index (χ3n) is 1.80. The standard InChI is InChI=1S/C9H6N2/c10-4-7-2-1-3-8-5-11-6-9(7)8/h1-3,6H,5H2. The zero-order valence-electron chi connectivity index (χ0n) is 5.91. The lowest BCUT2D eigenvalue weighted by Gasteiger charge is -1.96. The predicted molar refractivity (Wildman–Crippen MR) is 42.5 cm³/mol. The third-order valence-corrected chi connectivity index (χ3v) is 1.80. The van der Waals surface area contributed by atoms with Crippen molar-refractivity contribution in [1.82, 2.24) is 0 Å². The van der Waals surface area contributed by atoms with Crippen LogP contribution in [0.1, 0.15) is 16.7 Å². The molecule has 1 aliphatic rings. The maximum atomic E-state index is 8.69. The second-order valence-electron chi connectivity index (χ2n) is 2.46. The van der Waals surface area contributed by atoms with Gasteiger partial charge in [0.15, 0.2) is 0 Å². The van der Waals surface area contributed by atoms with Crippen LogP contribution >= 0.6 is 0 Å². The van der Waals surface area contributed by atoms with Crippen molar-refractivity contribution in [2.24, 2.45) is 4.99 Å². The molecule has 0 radical (unpaired) electrons. The molecule has 0 unspecified atom stereocenters. The molecule has 0 aliphatic carbocycles. The van der Waals surface area contributed by atoms with Crippen molar-refractivity contribution >= 4 is 6.21 Å². The van der Waals surface area contributed by atoms with Crippen LogP contribution in [0.25, 0.3) is 0 Å². The van der Waals surface area contributed by atoms with Gasteiger partial charge in [0.05, 0.1) is 18.2 Å². The van der Waals surface area contributed by atoms with E-state index in [2.05, 4.69) is 11.1 Å². The van der Waals surface area contributed by atoms with Crippen molar-refractivity contribution in [2.75, 3.05) is 0 Å². The first-order valence-corrected chi connectivity index (χ1v) is 3.43. The van der Waals surface area contributed by atoms with Gasteiger partial charge in [0.2, 0.25) is 0 Å². The molecule has 0 bridgehead atoms. The highest BCUT2D eigenvalue weighted by molar-refractivity contribution is 5.87. The molecule has 0 fully saturated rings. The highest BCUT2D eigenvalue weighted by atomic mass is 14.7. The molecule has 0 aromatic heterocycles. The summed E-state index contributed by atoms with van der Waals surface area (Å²) in [4.78, 5) is 4.08. The summed E-state index contributed by atoms with van der Waals surface area (Å²) >= 11 is 0. The highest BCUT2D eigenvalue weighted by Gasteiger charge is 2.08. The van der Waals surface area contributed by atoms with Crippen LogP contribution in [0.3, 0.4) is 0 Å². The van der Waals surface area contributed by atoms with Gasteiger partial charge >= 0.3 is 0 Å². The molecule has 2 rings (SSSR count). The topological polar surface area (TPSA) is 36.1 Å². The molecule has 2 nitrogen and oxygen atoms in total. The van der Waals surface area contributed by atoms with Crippen molar-refractivity contribution < 1.29 is 0 Å². The van der Waals surface area contributed by atoms with Crippen LogP contribution in [0.5, 0.6) is 0 Å². The first kappa shape index (κ1) is 6.11. The Balaban J connectivity index is 2.69. The van der Waals surface area contributed by atoms with E-state index < -0.39 is 0 Å². The average Bonchev–Trinajstić information content (AvgIpc) is 2.50.